The van der Waals surface area contributed by atoms with E-state index in [9.17, 15) is 8.42 Å². The lowest BCUT2D eigenvalue weighted by molar-refractivity contribution is 0.0502. The molecule has 1 aromatic heterocycles. The molecule has 0 saturated carbocycles. The summed E-state index contributed by atoms with van der Waals surface area (Å²) >= 11 is 0. The first-order valence-electron chi connectivity index (χ1n) is 12.3. The minimum absolute atomic E-state index is 0.171. The van der Waals surface area contributed by atoms with Crippen LogP contribution in [0, 0.1) is 5.92 Å². The molecule has 2 aromatic carbocycles. The van der Waals surface area contributed by atoms with Gasteiger partial charge < -0.3 is 9.64 Å². The van der Waals surface area contributed by atoms with Gasteiger partial charge in [0.1, 0.15) is 17.3 Å². The Labute approximate surface area is 206 Å². The summed E-state index contributed by atoms with van der Waals surface area (Å²) < 4.78 is 33.6. The van der Waals surface area contributed by atoms with Crippen LogP contribution in [0.1, 0.15) is 23.5 Å². The van der Waals surface area contributed by atoms with Crippen LogP contribution in [0.25, 0.3) is 0 Å². The van der Waals surface area contributed by atoms with Gasteiger partial charge in [-0.15, -0.1) is 0 Å². The Kier molecular flexibility index (Phi) is 5.99. The van der Waals surface area contributed by atoms with Gasteiger partial charge in [0.15, 0.2) is 0 Å². The van der Waals surface area contributed by atoms with Crippen LogP contribution >= 0.6 is 0 Å². The van der Waals surface area contributed by atoms with E-state index in [0.29, 0.717) is 18.5 Å². The highest BCUT2D eigenvalue weighted by atomic mass is 32.2. The first-order valence-corrected chi connectivity index (χ1v) is 13.8. The molecule has 8 nitrogen and oxygen atoms in total. The molecule has 9 heteroatoms. The smallest absolute Gasteiger partial charge is 0.243 e. The lowest BCUT2D eigenvalue weighted by atomic mass is 9.82. The number of sulfonamides is 1. The molecule has 4 heterocycles. The molecule has 2 atom stereocenters. The molecule has 2 fully saturated rings. The van der Waals surface area contributed by atoms with E-state index in [0.717, 1.165) is 45.0 Å². The first-order chi connectivity index (χ1) is 17.1. The lowest BCUT2D eigenvalue weighted by Gasteiger charge is -2.46. The number of ether oxygens (including phenoxy) is 1. The monoisotopic (exact) mass is 493 g/mol. The predicted molar refractivity (Wildman–Crippen MR) is 134 cm³/mol. The minimum Gasteiger partial charge on any atom is -0.492 e. The molecule has 3 aliphatic heterocycles. The standard InChI is InChI=1S/C26H31N5O3S/c32-35(33,22-14-27-28-15-22)29-13-20-16-31(17-20)21-7-8-26-24(12-21)23(11-19-5-2-1-3-6-19)25(18-34-26)30-9-4-10-30/h1-3,5-8,12,14-15,20,23,25,29H,4,9-11,13,16-18H2,(H,27,28). The van der Waals surface area contributed by atoms with Crippen molar-refractivity contribution in [3.63, 3.8) is 0 Å². The minimum atomic E-state index is -3.51. The van der Waals surface area contributed by atoms with Crippen LogP contribution in [0.3, 0.4) is 0 Å². The molecule has 2 N–H and O–H groups in total. The van der Waals surface area contributed by atoms with E-state index in [2.05, 4.69) is 73.3 Å². The van der Waals surface area contributed by atoms with Crippen molar-refractivity contribution in [2.24, 2.45) is 5.92 Å². The third-order valence-electron chi connectivity index (χ3n) is 7.59. The Morgan fingerprint density at radius 2 is 1.94 bits per heavy atom. The Bertz CT molecular complexity index is 1260. The van der Waals surface area contributed by atoms with Gasteiger partial charge in [-0.3, -0.25) is 10.00 Å². The molecule has 0 amide bonds. The molecule has 35 heavy (non-hydrogen) atoms. The van der Waals surface area contributed by atoms with Crippen molar-refractivity contribution >= 4 is 15.7 Å². The summed E-state index contributed by atoms with van der Waals surface area (Å²) in [4.78, 5) is 5.06. The number of benzene rings is 2. The molecule has 0 bridgehead atoms. The number of hydrogen-bond acceptors (Lipinski definition) is 6. The first kappa shape index (κ1) is 22.6. The highest BCUT2D eigenvalue weighted by Crippen LogP contribution is 2.42. The van der Waals surface area contributed by atoms with E-state index in [1.807, 2.05) is 0 Å². The highest BCUT2D eigenvalue weighted by molar-refractivity contribution is 7.89. The number of aromatic nitrogens is 2. The van der Waals surface area contributed by atoms with Gasteiger partial charge in [0.05, 0.1) is 12.2 Å². The van der Waals surface area contributed by atoms with Gasteiger partial charge in [0.25, 0.3) is 0 Å². The van der Waals surface area contributed by atoms with Crippen LogP contribution in [-0.4, -0.2) is 68.9 Å². The second kappa shape index (κ2) is 9.29. The Balaban J connectivity index is 1.16. The molecule has 3 aromatic rings. The normalized spacial score (nSPS) is 22.7. The SMILES string of the molecule is O=S(=O)(NCC1CN(c2ccc3c(c2)C(Cc2ccccc2)C(N2CCC2)CO3)C1)c1cn[nH]c1. The van der Waals surface area contributed by atoms with Gasteiger partial charge in [-0.2, -0.15) is 5.10 Å². The number of aromatic amines is 1. The summed E-state index contributed by atoms with van der Waals surface area (Å²) in [6.45, 7) is 5.12. The van der Waals surface area contributed by atoms with Gasteiger partial charge in [-0.05, 0) is 49.7 Å². The topological polar surface area (TPSA) is 90.6 Å². The van der Waals surface area contributed by atoms with Crippen molar-refractivity contribution in [2.45, 2.75) is 29.7 Å². The van der Waals surface area contributed by atoms with Crippen molar-refractivity contribution in [3.8, 4) is 5.75 Å². The van der Waals surface area contributed by atoms with E-state index in [-0.39, 0.29) is 10.8 Å². The van der Waals surface area contributed by atoms with E-state index in [1.165, 1.54) is 35.6 Å². The summed E-state index contributed by atoms with van der Waals surface area (Å²) in [5, 5.41) is 6.28. The van der Waals surface area contributed by atoms with Gasteiger partial charge in [-0.1, -0.05) is 30.3 Å². The largest absolute Gasteiger partial charge is 0.492 e. The summed E-state index contributed by atoms with van der Waals surface area (Å²) in [7, 11) is -3.51. The van der Waals surface area contributed by atoms with Crippen molar-refractivity contribution in [2.75, 3.05) is 44.2 Å². The van der Waals surface area contributed by atoms with Crippen LogP contribution < -0.4 is 14.4 Å². The highest BCUT2D eigenvalue weighted by Gasteiger charge is 2.38. The molecule has 2 unspecified atom stereocenters. The number of nitrogens with one attached hydrogen (secondary N) is 2. The molecule has 184 valence electrons. The van der Waals surface area contributed by atoms with E-state index < -0.39 is 10.0 Å². The maximum absolute atomic E-state index is 12.3. The number of H-pyrrole nitrogens is 1. The number of fused-ring (bicyclic) bond motifs is 1. The molecule has 0 aliphatic carbocycles. The molecule has 3 aliphatic rings. The summed E-state index contributed by atoms with van der Waals surface area (Å²) in [6, 6.07) is 17.7. The van der Waals surface area contributed by atoms with Crippen molar-refractivity contribution in [3.05, 3.63) is 72.1 Å². The fraction of sp³-hybridized carbons (Fsp3) is 0.423. The van der Waals surface area contributed by atoms with Crippen LogP contribution in [0.15, 0.2) is 65.8 Å². The Hall–Kier alpha value is -2.88. The fourth-order valence-corrected chi connectivity index (χ4v) is 6.43. The average Bonchev–Trinajstić information content (AvgIpc) is 3.35. The summed E-state index contributed by atoms with van der Waals surface area (Å²) in [6.07, 6.45) is 4.98. The summed E-state index contributed by atoms with van der Waals surface area (Å²) in [5.74, 6) is 1.66. The van der Waals surface area contributed by atoms with E-state index in [1.54, 1.807) is 0 Å². The van der Waals surface area contributed by atoms with Gasteiger partial charge in [0.2, 0.25) is 10.0 Å². The zero-order valence-corrected chi connectivity index (χ0v) is 20.5. The van der Waals surface area contributed by atoms with Crippen LogP contribution in [0.4, 0.5) is 5.69 Å². The number of nitrogens with zero attached hydrogens (tertiary/aromatic N) is 3. The Morgan fingerprint density at radius 3 is 2.66 bits per heavy atom. The molecule has 6 rings (SSSR count). The number of hydrogen-bond donors (Lipinski definition) is 2. The van der Waals surface area contributed by atoms with Crippen molar-refractivity contribution in [1.82, 2.24) is 19.8 Å². The van der Waals surface area contributed by atoms with Crippen LogP contribution in [0.2, 0.25) is 0 Å². The maximum Gasteiger partial charge on any atom is 0.243 e. The Morgan fingerprint density at radius 1 is 1.11 bits per heavy atom. The average molecular weight is 494 g/mol. The zero-order valence-electron chi connectivity index (χ0n) is 19.6. The van der Waals surface area contributed by atoms with Gasteiger partial charge >= 0.3 is 0 Å². The van der Waals surface area contributed by atoms with Gasteiger partial charge in [0, 0.05) is 48.9 Å². The maximum atomic E-state index is 12.3. The van der Waals surface area contributed by atoms with E-state index in [4.69, 9.17) is 4.74 Å². The number of anilines is 1. The predicted octanol–water partition coefficient (Wildman–Crippen LogP) is 2.62. The van der Waals surface area contributed by atoms with Crippen molar-refractivity contribution in [1.29, 1.82) is 0 Å². The second-order valence-corrected chi connectivity index (χ2v) is 11.6. The quantitative estimate of drug-likeness (QED) is 0.501. The number of likely N-dealkylation sites (tertiary alicyclic amines) is 1. The molecule has 2 saturated heterocycles. The van der Waals surface area contributed by atoms with Crippen molar-refractivity contribution < 1.29 is 13.2 Å². The second-order valence-electron chi connectivity index (χ2n) is 9.84. The van der Waals surface area contributed by atoms with Crippen LogP contribution in [-0.2, 0) is 16.4 Å². The van der Waals surface area contributed by atoms with E-state index >= 15 is 0 Å². The molecule has 0 spiro atoms. The van der Waals surface area contributed by atoms with Gasteiger partial charge in [-0.25, -0.2) is 13.1 Å². The van der Waals surface area contributed by atoms with Crippen LogP contribution in [0.5, 0.6) is 5.75 Å². The number of rotatable bonds is 8. The summed E-state index contributed by atoms with van der Waals surface area (Å²) in [5.41, 5.74) is 3.83. The molecular formula is C26H31N5O3S. The zero-order chi connectivity index (χ0) is 23.8. The molecule has 0 radical (unpaired) electrons. The fourth-order valence-electron chi connectivity index (χ4n) is 5.41. The molecular weight excluding hydrogens is 462 g/mol. The lowest BCUT2D eigenvalue weighted by Crippen LogP contribution is -2.53. The third-order valence-corrected chi connectivity index (χ3v) is 8.98. The third kappa shape index (κ3) is 4.55.